The van der Waals surface area contributed by atoms with Crippen molar-refractivity contribution in [3.8, 4) is 16.3 Å². The summed E-state index contributed by atoms with van der Waals surface area (Å²) in [4.78, 5) is 6.18. The molecule has 0 aliphatic rings. The van der Waals surface area contributed by atoms with E-state index in [1.807, 2.05) is 36.4 Å². The summed E-state index contributed by atoms with van der Waals surface area (Å²) in [6, 6.07) is 16.6. The Morgan fingerprint density at radius 3 is 2.44 bits per heavy atom. The molecule has 1 aromatic heterocycles. The molecular formula is C21H26ClN3OS+2. The Hall–Kier alpha value is -1.92. The van der Waals surface area contributed by atoms with Gasteiger partial charge in [0.25, 0.3) is 0 Å². The number of likely N-dealkylation sites (N-methyl/N-ethyl adjacent to an activating group) is 1. The van der Waals surface area contributed by atoms with Gasteiger partial charge in [-0.2, -0.15) is 0 Å². The summed E-state index contributed by atoms with van der Waals surface area (Å²) in [5, 5.41) is 6.27. The van der Waals surface area contributed by atoms with Gasteiger partial charge in [-0.1, -0.05) is 23.7 Å². The Morgan fingerprint density at radius 2 is 1.81 bits per heavy atom. The molecule has 3 rings (SSSR count). The number of ether oxygens (including phenoxy) is 1. The quantitative estimate of drug-likeness (QED) is 0.606. The van der Waals surface area contributed by atoms with Crippen LogP contribution in [0.3, 0.4) is 0 Å². The number of aromatic nitrogens is 1. The molecular weight excluding hydrogens is 378 g/mol. The Labute approximate surface area is 169 Å². The third-order valence-electron chi connectivity index (χ3n) is 4.61. The molecule has 0 fully saturated rings. The molecule has 0 unspecified atom stereocenters. The third kappa shape index (κ3) is 5.30. The molecule has 3 N–H and O–H groups in total. The van der Waals surface area contributed by atoms with Crippen LogP contribution in [0.1, 0.15) is 17.3 Å². The smallest absolute Gasteiger partial charge is 0.162 e. The molecule has 1 heterocycles. The largest absolute Gasteiger partial charge is 0.497 e. The van der Waals surface area contributed by atoms with E-state index in [0.717, 1.165) is 40.1 Å². The SMILES string of the molecule is COc1ccc([C@H](C[NH2+]Cc2csc(-c3ccc(Cl)cc3)n2)[NH+](C)C)cc1. The molecule has 27 heavy (non-hydrogen) atoms. The van der Waals surface area contributed by atoms with Crippen LogP contribution in [0.15, 0.2) is 53.9 Å². The van der Waals surface area contributed by atoms with Gasteiger partial charge in [0.2, 0.25) is 0 Å². The van der Waals surface area contributed by atoms with E-state index in [0.29, 0.717) is 6.04 Å². The highest BCUT2D eigenvalue weighted by Gasteiger charge is 2.20. The lowest BCUT2D eigenvalue weighted by molar-refractivity contribution is -0.910. The lowest BCUT2D eigenvalue weighted by atomic mass is 10.1. The van der Waals surface area contributed by atoms with Crippen molar-refractivity contribution in [2.45, 2.75) is 12.6 Å². The zero-order valence-electron chi connectivity index (χ0n) is 15.9. The number of nitrogens with one attached hydrogen (secondary N) is 1. The fourth-order valence-electron chi connectivity index (χ4n) is 3.07. The van der Waals surface area contributed by atoms with E-state index in [4.69, 9.17) is 21.3 Å². The number of thiazole rings is 1. The molecule has 0 aliphatic carbocycles. The Kier molecular flexibility index (Phi) is 6.85. The fourth-order valence-corrected chi connectivity index (χ4v) is 4.03. The van der Waals surface area contributed by atoms with Gasteiger partial charge < -0.3 is 15.0 Å². The number of benzene rings is 2. The van der Waals surface area contributed by atoms with Gasteiger partial charge >= 0.3 is 0 Å². The van der Waals surface area contributed by atoms with Gasteiger partial charge in [-0.3, -0.25) is 0 Å². The van der Waals surface area contributed by atoms with Crippen LogP contribution < -0.4 is 15.0 Å². The van der Waals surface area contributed by atoms with Crippen molar-refractivity contribution in [3.63, 3.8) is 0 Å². The van der Waals surface area contributed by atoms with Gasteiger partial charge in [0, 0.05) is 21.5 Å². The highest BCUT2D eigenvalue weighted by atomic mass is 35.5. The number of nitrogens with two attached hydrogens (primary N) is 1. The van der Waals surface area contributed by atoms with E-state index in [-0.39, 0.29) is 0 Å². The summed E-state index contributed by atoms with van der Waals surface area (Å²) in [7, 11) is 6.10. The fraction of sp³-hybridized carbons (Fsp3) is 0.286. The van der Waals surface area contributed by atoms with Crippen LogP contribution >= 0.6 is 22.9 Å². The second-order valence-corrected chi connectivity index (χ2v) is 8.08. The number of hydrogen-bond donors (Lipinski definition) is 2. The molecule has 0 amide bonds. The van der Waals surface area contributed by atoms with E-state index in [2.05, 4.69) is 36.9 Å². The van der Waals surface area contributed by atoms with Crippen molar-refractivity contribution in [3.05, 3.63) is 70.2 Å². The third-order valence-corrected chi connectivity index (χ3v) is 5.81. The van der Waals surface area contributed by atoms with Gasteiger partial charge in [0.05, 0.1) is 21.2 Å². The van der Waals surface area contributed by atoms with Crippen molar-refractivity contribution in [2.24, 2.45) is 0 Å². The molecule has 0 bridgehead atoms. The second-order valence-electron chi connectivity index (χ2n) is 6.78. The minimum absolute atomic E-state index is 0.422. The lowest BCUT2D eigenvalue weighted by Crippen LogP contribution is -3.09. The van der Waals surface area contributed by atoms with E-state index in [9.17, 15) is 0 Å². The van der Waals surface area contributed by atoms with E-state index in [1.165, 1.54) is 10.5 Å². The van der Waals surface area contributed by atoms with Crippen LogP contribution in [0, 0.1) is 0 Å². The average Bonchev–Trinajstić information content (AvgIpc) is 3.14. The number of rotatable bonds is 8. The molecule has 0 radical (unpaired) electrons. The molecule has 0 saturated heterocycles. The second kappa shape index (κ2) is 9.33. The molecule has 0 saturated carbocycles. The maximum Gasteiger partial charge on any atom is 0.162 e. The zero-order chi connectivity index (χ0) is 19.2. The molecule has 1 atom stereocenters. The van der Waals surface area contributed by atoms with E-state index in [1.54, 1.807) is 18.4 Å². The topological polar surface area (TPSA) is 43.2 Å². The van der Waals surface area contributed by atoms with Gasteiger partial charge in [0.1, 0.15) is 29.5 Å². The first-order chi connectivity index (χ1) is 13.1. The van der Waals surface area contributed by atoms with Crippen molar-refractivity contribution in [1.82, 2.24) is 4.98 Å². The first-order valence-electron chi connectivity index (χ1n) is 9.03. The normalized spacial score (nSPS) is 12.3. The summed E-state index contributed by atoms with van der Waals surface area (Å²) in [5.74, 6) is 0.896. The van der Waals surface area contributed by atoms with Gasteiger partial charge in [-0.25, -0.2) is 4.98 Å². The van der Waals surface area contributed by atoms with Crippen molar-refractivity contribution in [2.75, 3.05) is 27.7 Å². The highest BCUT2D eigenvalue weighted by Crippen LogP contribution is 2.24. The summed E-state index contributed by atoms with van der Waals surface area (Å²) in [6.45, 7) is 1.88. The van der Waals surface area contributed by atoms with Crippen LogP contribution in [-0.4, -0.2) is 32.7 Å². The average molecular weight is 404 g/mol. The van der Waals surface area contributed by atoms with Crippen molar-refractivity contribution in [1.29, 1.82) is 0 Å². The molecule has 0 aliphatic heterocycles. The van der Waals surface area contributed by atoms with Gasteiger partial charge in [0.15, 0.2) is 6.04 Å². The Bertz CT molecular complexity index is 847. The molecule has 2 aromatic carbocycles. The summed E-state index contributed by atoms with van der Waals surface area (Å²) in [5.41, 5.74) is 3.56. The predicted molar refractivity (Wildman–Crippen MR) is 112 cm³/mol. The highest BCUT2D eigenvalue weighted by molar-refractivity contribution is 7.13. The number of hydrogen-bond acceptors (Lipinski definition) is 3. The minimum Gasteiger partial charge on any atom is -0.497 e. The number of nitrogens with zero attached hydrogens (tertiary/aromatic N) is 1. The lowest BCUT2D eigenvalue weighted by Gasteiger charge is -2.20. The minimum atomic E-state index is 0.422. The molecule has 4 nitrogen and oxygen atoms in total. The maximum atomic E-state index is 5.96. The van der Waals surface area contributed by atoms with Crippen LogP contribution in [0.5, 0.6) is 5.75 Å². The first-order valence-corrected chi connectivity index (χ1v) is 10.3. The van der Waals surface area contributed by atoms with Crippen molar-refractivity contribution >= 4 is 22.9 Å². The summed E-state index contributed by atoms with van der Waals surface area (Å²) >= 11 is 7.65. The maximum absolute atomic E-state index is 5.96. The van der Waals surface area contributed by atoms with Gasteiger partial charge in [-0.05, 0) is 36.4 Å². The molecule has 3 aromatic rings. The number of halogens is 1. The predicted octanol–water partition coefficient (Wildman–Crippen LogP) is 2.42. The Balaban J connectivity index is 1.59. The van der Waals surface area contributed by atoms with Crippen molar-refractivity contribution < 1.29 is 15.0 Å². The molecule has 6 heteroatoms. The summed E-state index contributed by atoms with van der Waals surface area (Å²) in [6.07, 6.45) is 0. The monoisotopic (exact) mass is 403 g/mol. The zero-order valence-corrected chi connectivity index (χ0v) is 17.5. The van der Waals surface area contributed by atoms with E-state index < -0.39 is 0 Å². The molecule has 0 spiro atoms. The Morgan fingerprint density at radius 1 is 1.11 bits per heavy atom. The van der Waals surface area contributed by atoms with Crippen LogP contribution in [0.4, 0.5) is 0 Å². The van der Waals surface area contributed by atoms with Crippen LogP contribution in [0.25, 0.3) is 10.6 Å². The first kappa shape index (κ1) is 19.8. The molecule has 142 valence electrons. The van der Waals surface area contributed by atoms with Gasteiger partial charge in [-0.15, -0.1) is 11.3 Å². The standard InChI is InChI=1S/C21H24ClN3OS/c1-25(2)20(15-6-10-19(26-3)11-7-15)13-23-12-18-14-27-21(24-18)16-4-8-17(22)9-5-16/h4-11,14,20,23H,12-13H2,1-3H3/p+2/t20-/m0/s1. The summed E-state index contributed by atoms with van der Waals surface area (Å²) < 4.78 is 5.26. The van der Waals surface area contributed by atoms with E-state index >= 15 is 0 Å². The van der Waals surface area contributed by atoms with Crippen LogP contribution in [0.2, 0.25) is 5.02 Å². The number of quaternary nitrogens is 2. The number of methoxy groups -OCH3 is 1. The van der Waals surface area contributed by atoms with Crippen LogP contribution in [-0.2, 0) is 6.54 Å².